The summed E-state index contributed by atoms with van der Waals surface area (Å²) in [6.45, 7) is 3.09. The molecule has 0 bridgehead atoms. The molecule has 2 aromatic rings. The Kier molecular flexibility index (Phi) is 11.2. The van der Waals surface area contributed by atoms with E-state index in [2.05, 4.69) is 60.4 Å². The molecule has 1 aromatic carbocycles. The molecule has 1 fully saturated rings. The number of hydroxylamine groups is 1. The van der Waals surface area contributed by atoms with Crippen LogP contribution in [0, 0.1) is 0 Å². The molecule has 29 heavy (non-hydrogen) atoms. The minimum atomic E-state index is -0.604. The standard InChI is InChI=1S/C19H22BrN5O2.2ClH/c20-15-3-1-14(2-4-15)7-9-25-10-8-17(13-25)23-18-12-21-16(11-22-18)5-6-19(26)24-27;;/h1-6,11-12,17,27H,7-10,13H2,(H,22,23)(H,24,26);2*1H/b6-5+;;/t17-;;/m1../s1. The van der Waals surface area contributed by atoms with Gasteiger partial charge in [0.05, 0.1) is 18.1 Å². The van der Waals surface area contributed by atoms with Gasteiger partial charge in [-0.05, 0) is 36.6 Å². The molecule has 1 atom stereocenters. The predicted octanol–water partition coefficient (Wildman–Crippen LogP) is 3.33. The zero-order chi connectivity index (χ0) is 19.1. The number of likely N-dealkylation sites (tertiary alicyclic amines) is 1. The van der Waals surface area contributed by atoms with Crippen molar-refractivity contribution in [3.63, 3.8) is 0 Å². The van der Waals surface area contributed by atoms with Crippen LogP contribution >= 0.6 is 40.7 Å². The second kappa shape index (κ2) is 12.8. The molecule has 2 heterocycles. The number of hydrogen-bond donors (Lipinski definition) is 3. The molecule has 1 saturated heterocycles. The van der Waals surface area contributed by atoms with Gasteiger partial charge in [0.15, 0.2) is 0 Å². The zero-order valence-electron chi connectivity index (χ0n) is 15.6. The van der Waals surface area contributed by atoms with Crippen LogP contribution in [0.4, 0.5) is 5.82 Å². The van der Waals surface area contributed by atoms with E-state index >= 15 is 0 Å². The molecule has 0 saturated carbocycles. The highest BCUT2D eigenvalue weighted by Gasteiger charge is 2.22. The summed E-state index contributed by atoms with van der Waals surface area (Å²) >= 11 is 3.46. The lowest BCUT2D eigenvalue weighted by molar-refractivity contribution is -0.124. The van der Waals surface area contributed by atoms with Crippen LogP contribution in [0.25, 0.3) is 6.08 Å². The van der Waals surface area contributed by atoms with Crippen molar-refractivity contribution >= 4 is 58.5 Å². The number of hydrogen-bond acceptors (Lipinski definition) is 6. The molecular formula is C19H24BrCl2N5O2. The van der Waals surface area contributed by atoms with Crippen molar-refractivity contribution in [1.29, 1.82) is 0 Å². The van der Waals surface area contributed by atoms with Gasteiger partial charge in [-0.3, -0.25) is 15.0 Å². The molecule has 1 aromatic heterocycles. The molecule has 1 aliphatic heterocycles. The largest absolute Gasteiger partial charge is 0.365 e. The third kappa shape index (κ3) is 8.28. The van der Waals surface area contributed by atoms with Crippen molar-refractivity contribution in [2.24, 2.45) is 0 Å². The minimum absolute atomic E-state index is 0. The maximum atomic E-state index is 11.0. The SMILES string of the molecule is Cl.Cl.O=C(/C=C/c1cnc(N[C@@H]2CCN(CCc3ccc(Br)cc3)C2)cn1)NO. The first-order chi connectivity index (χ1) is 13.1. The fourth-order valence-electron chi connectivity index (χ4n) is 3.00. The van der Waals surface area contributed by atoms with Crippen LogP contribution in [-0.4, -0.2) is 51.7 Å². The van der Waals surface area contributed by atoms with Gasteiger partial charge in [0.25, 0.3) is 5.91 Å². The molecule has 3 N–H and O–H groups in total. The third-order valence-corrected chi connectivity index (χ3v) is 4.97. The fraction of sp³-hybridized carbons (Fsp3) is 0.316. The molecule has 0 spiro atoms. The molecule has 0 unspecified atom stereocenters. The van der Waals surface area contributed by atoms with Crippen LogP contribution in [0.5, 0.6) is 0 Å². The monoisotopic (exact) mass is 503 g/mol. The van der Waals surface area contributed by atoms with Crippen LogP contribution in [0.15, 0.2) is 47.2 Å². The second-order valence-electron chi connectivity index (χ2n) is 6.44. The fourth-order valence-corrected chi connectivity index (χ4v) is 3.26. The lowest BCUT2D eigenvalue weighted by atomic mass is 10.1. The lowest BCUT2D eigenvalue weighted by Gasteiger charge is -2.17. The van der Waals surface area contributed by atoms with E-state index in [0.717, 1.165) is 42.8 Å². The lowest BCUT2D eigenvalue weighted by Crippen LogP contribution is -2.28. The average molecular weight is 505 g/mol. The van der Waals surface area contributed by atoms with Crippen molar-refractivity contribution in [3.8, 4) is 0 Å². The van der Waals surface area contributed by atoms with Crippen molar-refractivity contribution in [2.75, 3.05) is 25.0 Å². The summed E-state index contributed by atoms with van der Waals surface area (Å²) in [7, 11) is 0. The Labute approximate surface area is 190 Å². The number of benzene rings is 1. The topological polar surface area (TPSA) is 90.4 Å². The first kappa shape index (κ1) is 25.3. The van der Waals surface area contributed by atoms with Gasteiger partial charge in [-0.25, -0.2) is 10.5 Å². The Morgan fingerprint density at radius 2 is 2.00 bits per heavy atom. The van der Waals surface area contributed by atoms with Gasteiger partial charge < -0.3 is 10.2 Å². The Balaban J connectivity index is 0.00000210. The summed E-state index contributed by atoms with van der Waals surface area (Å²) in [6.07, 6.45) is 8.03. The summed E-state index contributed by atoms with van der Waals surface area (Å²) < 4.78 is 1.11. The van der Waals surface area contributed by atoms with Crippen LogP contribution in [0.3, 0.4) is 0 Å². The molecule has 1 amide bonds. The summed E-state index contributed by atoms with van der Waals surface area (Å²) in [5.41, 5.74) is 3.42. The Morgan fingerprint density at radius 1 is 1.24 bits per heavy atom. The van der Waals surface area contributed by atoms with Crippen molar-refractivity contribution < 1.29 is 10.0 Å². The maximum Gasteiger partial charge on any atom is 0.267 e. The molecule has 0 radical (unpaired) electrons. The van der Waals surface area contributed by atoms with Gasteiger partial charge in [0, 0.05) is 36.2 Å². The summed E-state index contributed by atoms with van der Waals surface area (Å²) in [6, 6.07) is 8.83. The summed E-state index contributed by atoms with van der Waals surface area (Å²) in [5, 5.41) is 11.9. The number of carbonyl (C=O) groups excluding carboxylic acids is 1. The van der Waals surface area contributed by atoms with E-state index in [-0.39, 0.29) is 24.8 Å². The Morgan fingerprint density at radius 3 is 2.66 bits per heavy atom. The van der Waals surface area contributed by atoms with Gasteiger partial charge >= 0.3 is 0 Å². The number of nitrogens with zero attached hydrogens (tertiary/aromatic N) is 3. The first-order valence-electron chi connectivity index (χ1n) is 8.80. The van der Waals surface area contributed by atoms with E-state index in [1.807, 2.05) is 0 Å². The number of amides is 1. The van der Waals surface area contributed by atoms with Gasteiger partial charge in [0.1, 0.15) is 5.82 Å². The smallest absolute Gasteiger partial charge is 0.267 e. The van der Waals surface area contributed by atoms with Gasteiger partial charge in [-0.2, -0.15) is 0 Å². The number of carbonyl (C=O) groups is 1. The molecular weight excluding hydrogens is 481 g/mol. The Bertz CT molecular complexity index is 790. The van der Waals surface area contributed by atoms with E-state index < -0.39 is 5.91 Å². The molecule has 0 aliphatic carbocycles. The van der Waals surface area contributed by atoms with E-state index in [9.17, 15) is 4.79 Å². The first-order valence-corrected chi connectivity index (χ1v) is 9.59. The van der Waals surface area contributed by atoms with E-state index in [1.54, 1.807) is 12.4 Å². The van der Waals surface area contributed by atoms with Gasteiger partial charge in [0.2, 0.25) is 0 Å². The molecule has 3 rings (SSSR count). The normalized spacial score (nSPS) is 16.1. The molecule has 158 valence electrons. The number of nitrogens with one attached hydrogen (secondary N) is 2. The van der Waals surface area contributed by atoms with Crippen molar-refractivity contribution in [3.05, 3.63) is 58.5 Å². The number of aromatic nitrogens is 2. The van der Waals surface area contributed by atoms with Crippen LogP contribution in [0.2, 0.25) is 0 Å². The molecule has 7 nitrogen and oxygen atoms in total. The van der Waals surface area contributed by atoms with E-state index in [4.69, 9.17) is 5.21 Å². The van der Waals surface area contributed by atoms with Crippen LogP contribution in [-0.2, 0) is 11.2 Å². The number of anilines is 1. The van der Waals surface area contributed by atoms with Gasteiger partial charge in [-0.15, -0.1) is 24.8 Å². The molecule has 10 heteroatoms. The van der Waals surface area contributed by atoms with Crippen LogP contribution < -0.4 is 10.8 Å². The highest BCUT2D eigenvalue weighted by molar-refractivity contribution is 9.10. The second-order valence-corrected chi connectivity index (χ2v) is 7.36. The number of halogens is 3. The zero-order valence-corrected chi connectivity index (χ0v) is 18.8. The highest BCUT2D eigenvalue weighted by atomic mass is 79.9. The van der Waals surface area contributed by atoms with Crippen molar-refractivity contribution in [2.45, 2.75) is 18.9 Å². The van der Waals surface area contributed by atoms with Crippen LogP contribution in [0.1, 0.15) is 17.7 Å². The third-order valence-electron chi connectivity index (χ3n) is 4.44. The summed E-state index contributed by atoms with van der Waals surface area (Å²) in [5.74, 6) is 0.117. The number of rotatable bonds is 7. The molecule has 1 aliphatic rings. The Hall–Kier alpha value is -1.71. The average Bonchev–Trinajstić information content (AvgIpc) is 3.14. The predicted molar refractivity (Wildman–Crippen MR) is 122 cm³/mol. The minimum Gasteiger partial charge on any atom is -0.365 e. The maximum absolute atomic E-state index is 11.0. The quantitative estimate of drug-likeness (QED) is 0.304. The summed E-state index contributed by atoms with van der Waals surface area (Å²) in [4.78, 5) is 22.0. The van der Waals surface area contributed by atoms with E-state index in [1.165, 1.54) is 23.2 Å². The van der Waals surface area contributed by atoms with Gasteiger partial charge in [-0.1, -0.05) is 28.1 Å². The highest BCUT2D eigenvalue weighted by Crippen LogP contribution is 2.16. The van der Waals surface area contributed by atoms with E-state index in [0.29, 0.717) is 11.7 Å². The van der Waals surface area contributed by atoms with Crippen molar-refractivity contribution in [1.82, 2.24) is 20.3 Å².